The summed E-state index contributed by atoms with van der Waals surface area (Å²) in [5, 5.41) is 12.5. The lowest BCUT2D eigenvalue weighted by atomic mass is 9.91. The van der Waals surface area contributed by atoms with E-state index in [4.69, 9.17) is 5.26 Å². The van der Waals surface area contributed by atoms with Crippen molar-refractivity contribution in [3.05, 3.63) is 0 Å². The third-order valence-corrected chi connectivity index (χ3v) is 4.06. The fraction of sp³-hybridized carbons (Fsp3) is 0.929. The third-order valence-electron chi connectivity index (χ3n) is 4.06. The van der Waals surface area contributed by atoms with Gasteiger partial charge in [-0.3, -0.25) is 0 Å². The van der Waals surface area contributed by atoms with Gasteiger partial charge in [-0.25, -0.2) is 0 Å². The first kappa shape index (κ1) is 11.9. The van der Waals surface area contributed by atoms with Crippen LogP contribution in [0.3, 0.4) is 0 Å². The van der Waals surface area contributed by atoms with Crippen LogP contribution < -0.4 is 5.32 Å². The predicted octanol–water partition coefficient (Wildman–Crippen LogP) is 2.95. The van der Waals surface area contributed by atoms with Crippen LogP contribution in [0.15, 0.2) is 0 Å². The van der Waals surface area contributed by atoms with Gasteiger partial charge in [0.05, 0.1) is 11.5 Å². The Kier molecular flexibility index (Phi) is 3.54. The maximum atomic E-state index is 8.92. The zero-order valence-electron chi connectivity index (χ0n) is 10.6. The smallest absolute Gasteiger partial charge is 0.0684 e. The maximum Gasteiger partial charge on any atom is 0.0684 e. The van der Waals surface area contributed by atoms with Gasteiger partial charge in [0.25, 0.3) is 0 Å². The Bertz CT molecular complexity index is 257. The van der Waals surface area contributed by atoms with Gasteiger partial charge in [0.1, 0.15) is 0 Å². The van der Waals surface area contributed by atoms with E-state index in [1.165, 1.54) is 32.2 Å². The Hall–Kier alpha value is -0.550. The number of rotatable bonds is 7. The molecule has 16 heavy (non-hydrogen) atoms. The van der Waals surface area contributed by atoms with Crippen molar-refractivity contribution in [2.45, 2.75) is 46.0 Å². The highest BCUT2D eigenvalue weighted by Crippen LogP contribution is 2.48. The second kappa shape index (κ2) is 4.75. The van der Waals surface area contributed by atoms with E-state index < -0.39 is 0 Å². The molecule has 2 nitrogen and oxygen atoms in total. The lowest BCUT2D eigenvalue weighted by molar-refractivity contribution is 0.359. The average Bonchev–Trinajstić information content (AvgIpc) is 3.11. The van der Waals surface area contributed by atoms with Crippen LogP contribution in [0.4, 0.5) is 0 Å². The first-order valence-corrected chi connectivity index (χ1v) is 6.74. The third kappa shape index (κ3) is 3.49. The molecule has 0 aromatic rings. The minimum atomic E-state index is -0.165. The summed E-state index contributed by atoms with van der Waals surface area (Å²) < 4.78 is 0. The van der Waals surface area contributed by atoms with E-state index >= 15 is 0 Å². The topological polar surface area (TPSA) is 35.8 Å². The van der Waals surface area contributed by atoms with Crippen LogP contribution in [-0.4, -0.2) is 13.1 Å². The normalized spacial score (nSPS) is 21.1. The van der Waals surface area contributed by atoms with Crippen molar-refractivity contribution < 1.29 is 0 Å². The molecule has 2 aliphatic carbocycles. The lowest BCUT2D eigenvalue weighted by Gasteiger charge is -2.19. The minimum absolute atomic E-state index is 0.165. The molecular weight excluding hydrogens is 196 g/mol. The van der Waals surface area contributed by atoms with E-state index in [0.29, 0.717) is 0 Å². The van der Waals surface area contributed by atoms with E-state index in [1.807, 2.05) is 13.8 Å². The molecule has 0 bridgehead atoms. The van der Waals surface area contributed by atoms with Gasteiger partial charge in [0.15, 0.2) is 0 Å². The Morgan fingerprint density at radius 2 is 1.81 bits per heavy atom. The molecule has 0 aromatic heterocycles. The second-order valence-electron chi connectivity index (χ2n) is 6.29. The molecule has 0 aliphatic heterocycles. The molecular formula is C14H24N2. The molecule has 0 aromatic carbocycles. The summed E-state index contributed by atoms with van der Waals surface area (Å²) >= 11 is 0. The molecule has 0 amide bonds. The standard InChI is InChI=1S/C14H24N2/c1-14(2,10-15)7-8-16-9-13(11-3-4-11)12-5-6-12/h11-13,16H,3-9H2,1-2H3. The molecule has 0 spiro atoms. The summed E-state index contributed by atoms with van der Waals surface area (Å²) in [5.74, 6) is 3.01. The fourth-order valence-electron chi connectivity index (χ4n) is 2.49. The van der Waals surface area contributed by atoms with Gasteiger partial charge in [0.2, 0.25) is 0 Å². The minimum Gasteiger partial charge on any atom is -0.316 e. The van der Waals surface area contributed by atoms with Crippen LogP contribution in [0.1, 0.15) is 46.0 Å². The van der Waals surface area contributed by atoms with Gasteiger partial charge in [-0.05, 0) is 76.8 Å². The van der Waals surface area contributed by atoms with Crippen LogP contribution in [0.25, 0.3) is 0 Å². The summed E-state index contributed by atoms with van der Waals surface area (Å²) in [6.07, 6.45) is 6.82. The molecule has 0 atom stereocenters. The van der Waals surface area contributed by atoms with Crippen molar-refractivity contribution in [1.82, 2.24) is 5.32 Å². The molecule has 0 saturated heterocycles. The van der Waals surface area contributed by atoms with Gasteiger partial charge in [-0.15, -0.1) is 0 Å². The van der Waals surface area contributed by atoms with E-state index in [2.05, 4.69) is 11.4 Å². The maximum absolute atomic E-state index is 8.92. The number of hydrogen-bond donors (Lipinski definition) is 1. The summed E-state index contributed by atoms with van der Waals surface area (Å²) in [7, 11) is 0. The average molecular weight is 220 g/mol. The molecule has 2 aliphatic rings. The Balaban J connectivity index is 1.61. The molecule has 2 heteroatoms. The molecule has 2 fully saturated rings. The van der Waals surface area contributed by atoms with E-state index in [9.17, 15) is 0 Å². The number of hydrogen-bond acceptors (Lipinski definition) is 2. The zero-order valence-corrected chi connectivity index (χ0v) is 10.6. The molecule has 0 radical (unpaired) electrons. The highest BCUT2D eigenvalue weighted by molar-refractivity contribution is 4.94. The first-order valence-electron chi connectivity index (χ1n) is 6.74. The molecule has 2 rings (SSSR count). The zero-order chi connectivity index (χ0) is 11.6. The van der Waals surface area contributed by atoms with E-state index in [1.54, 1.807) is 0 Å². The van der Waals surface area contributed by atoms with Crippen molar-refractivity contribution in [2.75, 3.05) is 13.1 Å². The molecule has 1 N–H and O–H groups in total. The van der Waals surface area contributed by atoms with Crippen LogP contribution in [0.2, 0.25) is 0 Å². The van der Waals surface area contributed by atoms with Gasteiger partial charge in [-0.1, -0.05) is 0 Å². The van der Waals surface area contributed by atoms with Gasteiger partial charge >= 0.3 is 0 Å². The fourth-order valence-corrected chi connectivity index (χ4v) is 2.49. The summed E-state index contributed by atoms with van der Waals surface area (Å²) in [5.41, 5.74) is -0.165. The van der Waals surface area contributed by atoms with Crippen LogP contribution in [-0.2, 0) is 0 Å². The highest BCUT2D eigenvalue weighted by Gasteiger charge is 2.40. The quantitative estimate of drug-likeness (QED) is 0.670. The van der Waals surface area contributed by atoms with E-state index in [-0.39, 0.29) is 5.41 Å². The SMILES string of the molecule is CC(C)(C#N)CCNCC(C1CC1)C1CC1. The monoisotopic (exact) mass is 220 g/mol. The van der Waals surface area contributed by atoms with Crippen molar-refractivity contribution in [1.29, 1.82) is 5.26 Å². The Labute approximate surface area is 99.4 Å². The van der Waals surface area contributed by atoms with Crippen molar-refractivity contribution in [3.8, 4) is 6.07 Å². The number of nitrogens with zero attached hydrogens (tertiary/aromatic N) is 1. The van der Waals surface area contributed by atoms with Crippen molar-refractivity contribution in [2.24, 2.45) is 23.2 Å². The first-order chi connectivity index (χ1) is 7.62. The largest absolute Gasteiger partial charge is 0.316 e. The summed E-state index contributed by atoms with van der Waals surface area (Å²) in [4.78, 5) is 0. The Morgan fingerprint density at radius 3 is 2.25 bits per heavy atom. The van der Waals surface area contributed by atoms with Crippen LogP contribution in [0, 0.1) is 34.5 Å². The van der Waals surface area contributed by atoms with Crippen molar-refractivity contribution >= 4 is 0 Å². The Morgan fingerprint density at radius 1 is 1.25 bits per heavy atom. The number of nitrogens with one attached hydrogen (secondary N) is 1. The van der Waals surface area contributed by atoms with Crippen LogP contribution >= 0.6 is 0 Å². The number of nitriles is 1. The molecule has 0 unspecified atom stereocenters. The second-order valence-corrected chi connectivity index (χ2v) is 6.29. The molecule has 0 heterocycles. The van der Waals surface area contributed by atoms with Gasteiger partial charge in [-0.2, -0.15) is 5.26 Å². The molecule has 2 saturated carbocycles. The molecule has 90 valence electrons. The van der Waals surface area contributed by atoms with E-state index in [0.717, 1.165) is 30.7 Å². The predicted molar refractivity (Wildman–Crippen MR) is 65.8 cm³/mol. The summed E-state index contributed by atoms with van der Waals surface area (Å²) in [6.45, 7) is 6.23. The van der Waals surface area contributed by atoms with Crippen molar-refractivity contribution in [3.63, 3.8) is 0 Å². The van der Waals surface area contributed by atoms with Crippen LogP contribution in [0.5, 0.6) is 0 Å². The highest BCUT2D eigenvalue weighted by atomic mass is 14.9. The lowest BCUT2D eigenvalue weighted by Crippen LogP contribution is -2.28. The summed E-state index contributed by atoms with van der Waals surface area (Å²) in [6, 6.07) is 2.36. The van der Waals surface area contributed by atoms with Gasteiger partial charge in [0, 0.05) is 0 Å². The van der Waals surface area contributed by atoms with Gasteiger partial charge < -0.3 is 5.32 Å².